The molecule has 0 atom stereocenters. The van der Waals surface area contributed by atoms with E-state index in [1.54, 1.807) is 0 Å². The first-order valence-corrected chi connectivity index (χ1v) is 6.24. The molecule has 1 amide bonds. The molecule has 0 saturated carbocycles. The zero-order valence-electron chi connectivity index (χ0n) is 10.0. The van der Waals surface area contributed by atoms with Crippen molar-refractivity contribution in [2.45, 2.75) is 19.4 Å². The van der Waals surface area contributed by atoms with Gasteiger partial charge in [-0.3, -0.25) is 4.79 Å². The van der Waals surface area contributed by atoms with E-state index in [0.717, 1.165) is 0 Å². The number of benzene rings is 1. The predicted molar refractivity (Wildman–Crippen MR) is 68.3 cm³/mol. The van der Waals surface area contributed by atoms with Crippen molar-refractivity contribution < 1.29 is 13.9 Å². The fraction of sp³-hybridized carbons (Fsp3) is 0.417. The molecule has 1 aromatic carbocycles. The molecular formula is C12H15BrFNO2. The van der Waals surface area contributed by atoms with Gasteiger partial charge < -0.3 is 10.1 Å². The summed E-state index contributed by atoms with van der Waals surface area (Å²) in [7, 11) is 1.38. The Kier molecular flexibility index (Phi) is 4.51. The molecule has 5 heteroatoms. The number of hydrogen-bond donors (Lipinski definition) is 1. The van der Waals surface area contributed by atoms with Gasteiger partial charge in [0.2, 0.25) is 0 Å². The molecule has 0 saturated heterocycles. The van der Waals surface area contributed by atoms with Crippen molar-refractivity contribution in [3.05, 3.63) is 29.6 Å². The van der Waals surface area contributed by atoms with E-state index in [1.807, 2.05) is 13.8 Å². The van der Waals surface area contributed by atoms with Crippen LogP contribution in [0.15, 0.2) is 18.2 Å². The average Bonchev–Trinajstić information content (AvgIpc) is 2.28. The largest absolute Gasteiger partial charge is 0.494 e. The molecule has 0 aliphatic carbocycles. The third-order valence-corrected chi connectivity index (χ3v) is 3.60. The van der Waals surface area contributed by atoms with Crippen LogP contribution in [0.4, 0.5) is 4.39 Å². The molecule has 0 radical (unpaired) electrons. The third-order valence-electron chi connectivity index (χ3n) is 2.20. The molecular weight excluding hydrogens is 289 g/mol. The molecule has 17 heavy (non-hydrogen) atoms. The predicted octanol–water partition coefficient (Wildman–Crippen LogP) is 2.74. The molecule has 0 aliphatic heterocycles. The fourth-order valence-electron chi connectivity index (χ4n) is 1.22. The molecule has 1 aromatic rings. The minimum atomic E-state index is -0.545. The highest BCUT2D eigenvalue weighted by molar-refractivity contribution is 9.09. The molecule has 1 rings (SSSR count). The van der Waals surface area contributed by atoms with E-state index in [0.29, 0.717) is 5.33 Å². The first-order valence-electron chi connectivity index (χ1n) is 5.11. The number of rotatable bonds is 4. The molecule has 0 aromatic heterocycles. The van der Waals surface area contributed by atoms with Crippen LogP contribution >= 0.6 is 15.9 Å². The number of methoxy groups -OCH3 is 1. The van der Waals surface area contributed by atoms with Crippen molar-refractivity contribution in [2.75, 3.05) is 12.4 Å². The van der Waals surface area contributed by atoms with Gasteiger partial charge in [0, 0.05) is 16.4 Å². The van der Waals surface area contributed by atoms with E-state index < -0.39 is 5.82 Å². The van der Waals surface area contributed by atoms with Gasteiger partial charge >= 0.3 is 0 Å². The average molecular weight is 304 g/mol. The van der Waals surface area contributed by atoms with Crippen LogP contribution in [0.5, 0.6) is 5.75 Å². The van der Waals surface area contributed by atoms with Crippen LogP contribution < -0.4 is 10.1 Å². The third kappa shape index (κ3) is 3.70. The normalized spacial score (nSPS) is 11.1. The Balaban J connectivity index is 2.87. The standard InChI is InChI=1S/C12H15BrFNO2/c1-12(2,7-13)15-11(16)8-4-5-10(17-3)9(14)6-8/h4-6H,7H2,1-3H3,(H,15,16). The molecule has 0 unspecified atom stereocenters. The summed E-state index contributed by atoms with van der Waals surface area (Å²) in [5.74, 6) is -0.728. The van der Waals surface area contributed by atoms with Crippen molar-refractivity contribution in [1.29, 1.82) is 0 Å². The van der Waals surface area contributed by atoms with E-state index in [-0.39, 0.29) is 22.8 Å². The summed E-state index contributed by atoms with van der Waals surface area (Å²) < 4.78 is 18.2. The highest BCUT2D eigenvalue weighted by Crippen LogP contribution is 2.18. The van der Waals surface area contributed by atoms with Gasteiger partial charge in [0.15, 0.2) is 11.6 Å². The second-order valence-corrected chi connectivity index (χ2v) is 4.88. The summed E-state index contributed by atoms with van der Waals surface area (Å²) in [5, 5.41) is 3.41. The summed E-state index contributed by atoms with van der Waals surface area (Å²) in [4.78, 5) is 11.8. The topological polar surface area (TPSA) is 38.3 Å². The second kappa shape index (κ2) is 5.49. The maximum atomic E-state index is 13.4. The number of alkyl halides is 1. The van der Waals surface area contributed by atoms with Crippen LogP contribution in [-0.4, -0.2) is 23.9 Å². The lowest BCUT2D eigenvalue weighted by Gasteiger charge is -2.23. The van der Waals surface area contributed by atoms with Crippen LogP contribution in [0.25, 0.3) is 0 Å². The molecule has 3 nitrogen and oxygen atoms in total. The van der Waals surface area contributed by atoms with Gasteiger partial charge in [0.1, 0.15) is 0 Å². The van der Waals surface area contributed by atoms with Gasteiger partial charge in [-0.25, -0.2) is 4.39 Å². The summed E-state index contributed by atoms with van der Waals surface area (Å²) >= 11 is 3.30. The summed E-state index contributed by atoms with van der Waals surface area (Å²) in [6.07, 6.45) is 0. The molecule has 0 aliphatic rings. The smallest absolute Gasteiger partial charge is 0.251 e. The van der Waals surface area contributed by atoms with Gasteiger partial charge in [-0.1, -0.05) is 15.9 Å². The van der Waals surface area contributed by atoms with E-state index in [1.165, 1.54) is 25.3 Å². The number of carbonyl (C=O) groups is 1. The number of halogens is 2. The van der Waals surface area contributed by atoms with Crippen molar-refractivity contribution in [2.24, 2.45) is 0 Å². The van der Waals surface area contributed by atoms with Crippen LogP contribution in [-0.2, 0) is 0 Å². The molecule has 94 valence electrons. The minimum Gasteiger partial charge on any atom is -0.494 e. The Labute approximate surface area is 108 Å². The van der Waals surface area contributed by atoms with Crippen molar-refractivity contribution in [1.82, 2.24) is 5.32 Å². The maximum absolute atomic E-state index is 13.4. The SMILES string of the molecule is COc1ccc(C(=O)NC(C)(C)CBr)cc1F. The van der Waals surface area contributed by atoms with Gasteiger partial charge in [-0.15, -0.1) is 0 Å². The molecule has 0 bridgehead atoms. The highest BCUT2D eigenvalue weighted by Gasteiger charge is 2.20. The summed E-state index contributed by atoms with van der Waals surface area (Å²) in [6, 6.07) is 4.13. The Bertz CT molecular complexity index is 421. The van der Waals surface area contributed by atoms with Gasteiger partial charge in [0.25, 0.3) is 5.91 Å². The minimum absolute atomic E-state index is 0.126. The quantitative estimate of drug-likeness (QED) is 0.869. The van der Waals surface area contributed by atoms with Crippen molar-refractivity contribution >= 4 is 21.8 Å². The maximum Gasteiger partial charge on any atom is 0.251 e. The fourth-order valence-corrected chi connectivity index (χ4v) is 1.36. The number of amides is 1. The Morgan fingerprint density at radius 2 is 2.18 bits per heavy atom. The van der Waals surface area contributed by atoms with Gasteiger partial charge in [-0.05, 0) is 32.0 Å². The first kappa shape index (κ1) is 14.0. The Morgan fingerprint density at radius 3 is 2.65 bits per heavy atom. The van der Waals surface area contributed by atoms with E-state index in [9.17, 15) is 9.18 Å². The molecule has 1 N–H and O–H groups in total. The lowest BCUT2D eigenvalue weighted by atomic mass is 10.1. The van der Waals surface area contributed by atoms with Crippen LogP contribution in [0.2, 0.25) is 0 Å². The van der Waals surface area contributed by atoms with E-state index in [2.05, 4.69) is 21.2 Å². The zero-order valence-corrected chi connectivity index (χ0v) is 11.6. The highest BCUT2D eigenvalue weighted by atomic mass is 79.9. The molecule has 0 fully saturated rings. The number of nitrogens with one attached hydrogen (secondary N) is 1. The summed E-state index contributed by atoms with van der Waals surface area (Å²) in [5.41, 5.74) is -0.106. The lowest BCUT2D eigenvalue weighted by Crippen LogP contribution is -2.44. The van der Waals surface area contributed by atoms with Crippen molar-refractivity contribution in [3.63, 3.8) is 0 Å². The number of carbonyl (C=O) groups excluding carboxylic acids is 1. The molecule has 0 heterocycles. The van der Waals surface area contributed by atoms with Gasteiger partial charge in [-0.2, -0.15) is 0 Å². The van der Waals surface area contributed by atoms with Crippen LogP contribution in [0, 0.1) is 5.82 Å². The van der Waals surface area contributed by atoms with Crippen LogP contribution in [0.1, 0.15) is 24.2 Å². The van der Waals surface area contributed by atoms with Crippen molar-refractivity contribution in [3.8, 4) is 5.75 Å². The van der Waals surface area contributed by atoms with E-state index in [4.69, 9.17) is 4.74 Å². The Morgan fingerprint density at radius 1 is 1.53 bits per heavy atom. The number of ether oxygens (including phenoxy) is 1. The zero-order chi connectivity index (χ0) is 13.1. The second-order valence-electron chi connectivity index (χ2n) is 4.32. The summed E-state index contributed by atoms with van der Waals surface area (Å²) in [6.45, 7) is 3.75. The van der Waals surface area contributed by atoms with Gasteiger partial charge in [0.05, 0.1) is 7.11 Å². The Hall–Kier alpha value is -1.10. The number of hydrogen-bond acceptors (Lipinski definition) is 2. The lowest BCUT2D eigenvalue weighted by molar-refractivity contribution is 0.0920. The van der Waals surface area contributed by atoms with Crippen LogP contribution in [0.3, 0.4) is 0 Å². The molecule has 0 spiro atoms. The monoisotopic (exact) mass is 303 g/mol. The van der Waals surface area contributed by atoms with E-state index >= 15 is 0 Å². The first-order chi connectivity index (χ1) is 7.89.